The molecule has 0 saturated heterocycles. The molecule has 4 heterocycles. The third kappa shape index (κ3) is 2.34. The Morgan fingerprint density at radius 3 is 2.95 bits per heavy atom. The van der Waals surface area contributed by atoms with Gasteiger partial charge in [0.05, 0.1) is 22.6 Å². The summed E-state index contributed by atoms with van der Waals surface area (Å²) in [4.78, 5) is 9.28. The molecule has 0 amide bonds. The topological polar surface area (TPSA) is 48.0 Å². The van der Waals surface area contributed by atoms with Crippen LogP contribution in [0.3, 0.4) is 0 Å². The van der Waals surface area contributed by atoms with Gasteiger partial charge in [0, 0.05) is 43.0 Å². The minimum atomic E-state index is 0.757. The normalized spacial score (nSPS) is 11.3. The fraction of sp³-hybridized carbons (Fsp3) is 0.133. The molecule has 0 bridgehead atoms. The lowest BCUT2D eigenvalue weighted by Gasteiger charge is -1.90. The van der Waals surface area contributed by atoms with E-state index in [4.69, 9.17) is 0 Å². The van der Waals surface area contributed by atoms with Crippen LogP contribution in [0.1, 0.15) is 10.7 Å². The number of hydrogen-bond acceptors (Lipinski definition) is 4. The molecule has 0 aliphatic heterocycles. The summed E-state index contributed by atoms with van der Waals surface area (Å²) < 4.78 is 3.82. The van der Waals surface area contributed by atoms with Crippen LogP contribution in [0.4, 0.5) is 0 Å². The third-order valence-electron chi connectivity index (χ3n) is 3.30. The summed E-state index contributed by atoms with van der Waals surface area (Å²) in [7, 11) is 1.91. The van der Waals surface area contributed by atoms with E-state index in [0.717, 1.165) is 34.0 Å². The molecule has 0 N–H and O–H groups in total. The summed E-state index contributed by atoms with van der Waals surface area (Å²) in [5.74, 6) is 0. The van der Waals surface area contributed by atoms with E-state index >= 15 is 0 Å². The van der Waals surface area contributed by atoms with E-state index in [0.29, 0.717) is 0 Å². The minimum Gasteiger partial charge on any atom is -0.307 e. The van der Waals surface area contributed by atoms with Gasteiger partial charge in [-0.25, -0.2) is 9.97 Å². The number of aromatic nitrogens is 5. The third-order valence-corrected chi connectivity index (χ3v) is 4.15. The van der Waals surface area contributed by atoms with Gasteiger partial charge in [-0.05, 0) is 12.1 Å². The SMILES string of the molecule is Cn1cc(-c2csc(Cc3cn4ccccc4n3)n2)cn1. The second-order valence-corrected chi connectivity index (χ2v) is 5.85. The number of imidazole rings is 1. The number of pyridine rings is 1. The lowest BCUT2D eigenvalue weighted by Crippen LogP contribution is -1.87. The van der Waals surface area contributed by atoms with Crippen LogP contribution in [0.15, 0.2) is 48.4 Å². The number of fused-ring (bicyclic) bond motifs is 1. The highest BCUT2D eigenvalue weighted by Gasteiger charge is 2.09. The molecular formula is C15H13N5S. The largest absolute Gasteiger partial charge is 0.307 e. The fourth-order valence-corrected chi connectivity index (χ4v) is 3.12. The monoisotopic (exact) mass is 295 g/mol. The molecule has 0 saturated carbocycles. The lowest BCUT2D eigenvalue weighted by atomic mass is 10.3. The van der Waals surface area contributed by atoms with Crippen molar-refractivity contribution in [3.63, 3.8) is 0 Å². The Balaban J connectivity index is 1.61. The first-order valence-corrected chi connectivity index (χ1v) is 7.52. The number of thiazole rings is 1. The first kappa shape index (κ1) is 12.3. The summed E-state index contributed by atoms with van der Waals surface area (Å²) in [5.41, 5.74) is 4.03. The maximum absolute atomic E-state index is 4.68. The van der Waals surface area contributed by atoms with Crippen LogP contribution in [-0.2, 0) is 13.5 Å². The first-order chi connectivity index (χ1) is 10.3. The molecular weight excluding hydrogens is 282 g/mol. The van der Waals surface area contributed by atoms with E-state index in [1.807, 2.05) is 48.2 Å². The van der Waals surface area contributed by atoms with Gasteiger partial charge in [0.1, 0.15) is 5.65 Å². The molecule has 0 fully saturated rings. The smallest absolute Gasteiger partial charge is 0.136 e. The molecule has 5 nitrogen and oxygen atoms in total. The summed E-state index contributed by atoms with van der Waals surface area (Å²) >= 11 is 1.66. The van der Waals surface area contributed by atoms with Crippen molar-refractivity contribution < 1.29 is 0 Å². The number of rotatable bonds is 3. The van der Waals surface area contributed by atoms with Crippen molar-refractivity contribution in [1.29, 1.82) is 0 Å². The van der Waals surface area contributed by atoms with Gasteiger partial charge < -0.3 is 4.40 Å². The van der Waals surface area contributed by atoms with Crippen LogP contribution >= 0.6 is 11.3 Å². The van der Waals surface area contributed by atoms with Gasteiger partial charge in [0.25, 0.3) is 0 Å². The highest BCUT2D eigenvalue weighted by atomic mass is 32.1. The van der Waals surface area contributed by atoms with Gasteiger partial charge in [0.2, 0.25) is 0 Å². The zero-order valence-electron chi connectivity index (χ0n) is 11.5. The van der Waals surface area contributed by atoms with E-state index in [9.17, 15) is 0 Å². The lowest BCUT2D eigenvalue weighted by molar-refractivity contribution is 0.768. The van der Waals surface area contributed by atoms with Gasteiger partial charge in [-0.15, -0.1) is 11.3 Å². The summed E-state index contributed by atoms with van der Waals surface area (Å²) in [6, 6.07) is 6.00. The molecule has 0 unspecified atom stereocenters. The van der Waals surface area contributed by atoms with Crippen LogP contribution in [0, 0.1) is 0 Å². The van der Waals surface area contributed by atoms with Crippen molar-refractivity contribution in [3.05, 3.63) is 59.1 Å². The van der Waals surface area contributed by atoms with Crippen molar-refractivity contribution >= 4 is 17.0 Å². The molecule has 0 aliphatic rings. The average Bonchev–Trinajstić information content (AvgIpc) is 3.17. The summed E-state index contributed by atoms with van der Waals surface area (Å²) in [6.07, 6.45) is 8.63. The molecule has 0 aliphatic carbocycles. The Morgan fingerprint density at radius 2 is 2.14 bits per heavy atom. The Labute approximate surface area is 125 Å². The van der Waals surface area contributed by atoms with Gasteiger partial charge in [0.15, 0.2) is 0 Å². The molecule has 0 aromatic carbocycles. The predicted octanol–water partition coefficient (Wildman–Crippen LogP) is 2.78. The second kappa shape index (κ2) is 4.82. The molecule has 4 aromatic heterocycles. The molecule has 0 radical (unpaired) electrons. The van der Waals surface area contributed by atoms with E-state index in [-0.39, 0.29) is 0 Å². The van der Waals surface area contributed by atoms with Crippen molar-refractivity contribution in [2.45, 2.75) is 6.42 Å². The maximum Gasteiger partial charge on any atom is 0.136 e. The molecule has 104 valence electrons. The number of hydrogen-bond donors (Lipinski definition) is 0. The van der Waals surface area contributed by atoms with Crippen molar-refractivity contribution in [2.24, 2.45) is 7.05 Å². The van der Waals surface area contributed by atoms with Crippen LogP contribution in [-0.4, -0.2) is 24.1 Å². The quantitative estimate of drug-likeness (QED) is 0.584. The highest BCUT2D eigenvalue weighted by molar-refractivity contribution is 7.10. The minimum absolute atomic E-state index is 0.757. The molecule has 0 atom stereocenters. The van der Waals surface area contributed by atoms with Crippen LogP contribution in [0.5, 0.6) is 0 Å². The van der Waals surface area contributed by atoms with Gasteiger partial charge in [-0.2, -0.15) is 5.10 Å². The zero-order valence-corrected chi connectivity index (χ0v) is 12.3. The van der Waals surface area contributed by atoms with Crippen LogP contribution < -0.4 is 0 Å². The molecule has 21 heavy (non-hydrogen) atoms. The highest BCUT2D eigenvalue weighted by Crippen LogP contribution is 2.22. The van der Waals surface area contributed by atoms with Gasteiger partial charge in [-0.1, -0.05) is 6.07 Å². The summed E-state index contributed by atoms with van der Waals surface area (Å²) in [5, 5.41) is 7.32. The van der Waals surface area contributed by atoms with E-state index in [1.165, 1.54) is 0 Å². The van der Waals surface area contributed by atoms with E-state index in [1.54, 1.807) is 16.0 Å². The summed E-state index contributed by atoms with van der Waals surface area (Å²) in [6.45, 7) is 0. The second-order valence-electron chi connectivity index (χ2n) is 4.90. The molecule has 4 rings (SSSR count). The molecule has 4 aromatic rings. The number of aryl methyl sites for hydroxylation is 1. The predicted molar refractivity (Wildman–Crippen MR) is 82.3 cm³/mol. The standard InChI is InChI=1S/C15H13N5S/c1-19-8-11(7-16-19)13-10-21-15(18-13)6-12-9-20-5-3-2-4-14(20)17-12/h2-5,7-10H,6H2,1H3. The van der Waals surface area contributed by atoms with Crippen molar-refractivity contribution in [3.8, 4) is 11.3 Å². The fourth-order valence-electron chi connectivity index (χ4n) is 2.31. The molecule has 0 spiro atoms. The van der Waals surface area contributed by atoms with Crippen molar-refractivity contribution in [1.82, 2.24) is 24.1 Å². The number of nitrogens with zero attached hydrogens (tertiary/aromatic N) is 5. The molecule has 6 heteroatoms. The Kier molecular flexibility index (Phi) is 2.82. The Morgan fingerprint density at radius 1 is 1.19 bits per heavy atom. The Bertz CT molecular complexity index is 868. The van der Waals surface area contributed by atoms with E-state index in [2.05, 4.69) is 26.6 Å². The van der Waals surface area contributed by atoms with Crippen LogP contribution in [0.25, 0.3) is 16.9 Å². The average molecular weight is 295 g/mol. The Hall–Kier alpha value is -2.47. The zero-order chi connectivity index (χ0) is 14.2. The van der Waals surface area contributed by atoms with Gasteiger partial charge in [-0.3, -0.25) is 4.68 Å². The van der Waals surface area contributed by atoms with Crippen molar-refractivity contribution in [2.75, 3.05) is 0 Å². The van der Waals surface area contributed by atoms with E-state index < -0.39 is 0 Å². The first-order valence-electron chi connectivity index (χ1n) is 6.64. The maximum atomic E-state index is 4.68. The van der Waals surface area contributed by atoms with Crippen LogP contribution in [0.2, 0.25) is 0 Å². The van der Waals surface area contributed by atoms with Gasteiger partial charge >= 0.3 is 0 Å².